The van der Waals surface area contributed by atoms with Crippen molar-refractivity contribution in [1.82, 2.24) is 5.32 Å². The number of carbonyl (C=O) groups is 3. The van der Waals surface area contributed by atoms with Crippen molar-refractivity contribution < 1.29 is 19.1 Å². The van der Waals surface area contributed by atoms with Crippen LogP contribution in [0.25, 0.3) is 0 Å². The lowest BCUT2D eigenvalue weighted by atomic mass is 9.74. The Labute approximate surface area is 123 Å². The van der Waals surface area contributed by atoms with E-state index in [2.05, 4.69) is 10.1 Å². The highest BCUT2D eigenvalue weighted by Gasteiger charge is 2.47. The maximum atomic E-state index is 12.3. The van der Waals surface area contributed by atoms with Crippen molar-refractivity contribution in [3.63, 3.8) is 0 Å². The topological polar surface area (TPSA) is 72.5 Å². The molecule has 1 aliphatic carbocycles. The molecule has 1 fully saturated rings. The molecule has 1 N–H and O–H groups in total. The lowest BCUT2D eigenvalue weighted by Gasteiger charge is -2.25. The number of hydrogen-bond donors (Lipinski definition) is 1. The van der Waals surface area contributed by atoms with E-state index in [1.165, 1.54) is 14.0 Å². The third kappa shape index (κ3) is 2.82. The Hall–Kier alpha value is -2.17. The highest BCUT2D eigenvalue weighted by atomic mass is 16.5. The van der Waals surface area contributed by atoms with Gasteiger partial charge in [0.2, 0.25) is 0 Å². The first-order chi connectivity index (χ1) is 10.0. The zero-order valence-corrected chi connectivity index (χ0v) is 12.3. The molecule has 112 valence electrons. The summed E-state index contributed by atoms with van der Waals surface area (Å²) in [6, 6.07) is 7.28. The Morgan fingerprint density at radius 3 is 2.71 bits per heavy atom. The van der Waals surface area contributed by atoms with Crippen LogP contribution in [-0.2, 0) is 26.3 Å². The molecule has 0 heterocycles. The Balaban J connectivity index is 2.29. The molecule has 1 atom stereocenters. The number of nitrogens with one attached hydrogen (secondary N) is 1. The number of benzene rings is 1. The SMILES string of the molecule is COC(=O)NCc1cccc(C2(C(C)=O)CCCC2=O)c1. The standard InChI is InChI=1S/C16H19NO4/c1-11(18)16(8-4-7-14(16)19)13-6-3-5-12(9-13)10-17-15(20)21-2/h3,5-6,9H,4,7-8,10H2,1-2H3,(H,17,20). The molecule has 1 aromatic carbocycles. The first-order valence-corrected chi connectivity index (χ1v) is 6.96. The minimum Gasteiger partial charge on any atom is -0.453 e. The van der Waals surface area contributed by atoms with Crippen LogP contribution in [0.1, 0.15) is 37.3 Å². The summed E-state index contributed by atoms with van der Waals surface area (Å²) in [6.07, 6.45) is 1.24. The minimum absolute atomic E-state index is 0.00641. The molecule has 1 saturated carbocycles. The van der Waals surface area contributed by atoms with Gasteiger partial charge >= 0.3 is 6.09 Å². The van der Waals surface area contributed by atoms with Crippen LogP contribution in [0.5, 0.6) is 0 Å². The maximum absolute atomic E-state index is 12.3. The van der Waals surface area contributed by atoms with Crippen LogP contribution in [-0.4, -0.2) is 24.8 Å². The second-order valence-electron chi connectivity index (χ2n) is 5.28. The predicted molar refractivity (Wildman–Crippen MR) is 76.9 cm³/mol. The molecule has 0 aromatic heterocycles. The van der Waals surface area contributed by atoms with Crippen LogP contribution in [0.2, 0.25) is 0 Å². The van der Waals surface area contributed by atoms with Crippen molar-refractivity contribution in [3.8, 4) is 0 Å². The molecule has 5 heteroatoms. The smallest absolute Gasteiger partial charge is 0.407 e. The van der Waals surface area contributed by atoms with E-state index in [-0.39, 0.29) is 11.6 Å². The summed E-state index contributed by atoms with van der Waals surface area (Å²) in [6.45, 7) is 1.77. The van der Waals surface area contributed by atoms with Gasteiger partial charge in [-0.3, -0.25) is 9.59 Å². The number of ether oxygens (including phenoxy) is 1. The number of carbonyl (C=O) groups excluding carboxylic acids is 3. The second-order valence-corrected chi connectivity index (χ2v) is 5.28. The van der Waals surface area contributed by atoms with Gasteiger partial charge in [0.05, 0.1) is 7.11 Å². The van der Waals surface area contributed by atoms with Gasteiger partial charge < -0.3 is 10.1 Å². The largest absolute Gasteiger partial charge is 0.453 e. The summed E-state index contributed by atoms with van der Waals surface area (Å²) < 4.78 is 4.52. The number of amides is 1. The van der Waals surface area contributed by atoms with Gasteiger partial charge in [-0.25, -0.2) is 4.79 Å². The lowest BCUT2D eigenvalue weighted by Crippen LogP contribution is -2.38. The molecular formula is C16H19NO4. The van der Waals surface area contributed by atoms with E-state index in [0.29, 0.717) is 19.4 Å². The fourth-order valence-corrected chi connectivity index (χ4v) is 2.94. The van der Waals surface area contributed by atoms with Crippen LogP contribution in [0.4, 0.5) is 4.79 Å². The normalized spacial score (nSPS) is 21.1. The van der Waals surface area contributed by atoms with E-state index in [1.54, 1.807) is 6.07 Å². The molecule has 5 nitrogen and oxygen atoms in total. The quantitative estimate of drug-likeness (QED) is 0.862. The maximum Gasteiger partial charge on any atom is 0.407 e. The van der Waals surface area contributed by atoms with E-state index >= 15 is 0 Å². The molecule has 0 radical (unpaired) electrons. The van der Waals surface area contributed by atoms with Crippen molar-refractivity contribution in [2.24, 2.45) is 0 Å². The Bertz CT molecular complexity index is 581. The molecule has 2 rings (SSSR count). The zero-order valence-electron chi connectivity index (χ0n) is 12.3. The van der Waals surface area contributed by atoms with E-state index in [9.17, 15) is 14.4 Å². The van der Waals surface area contributed by atoms with Gasteiger partial charge in [0, 0.05) is 13.0 Å². The highest BCUT2D eigenvalue weighted by molar-refractivity contribution is 6.13. The molecule has 0 aliphatic heterocycles. The van der Waals surface area contributed by atoms with Crippen LogP contribution < -0.4 is 5.32 Å². The molecule has 0 saturated heterocycles. The van der Waals surface area contributed by atoms with Gasteiger partial charge in [0.25, 0.3) is 0 Å². The number of rotatable bonds is 4. The molecule has 0 spiro atoms. The summed E-state index contributed by atoms with van der Waals surface area (Å²) in [5, 5.41) is 2.59. The Morgan fingerprint density at radius 1 is 1.38 bits per heavy atom. The van der Waals surface area contributed by atoms with Gasteiger partial charge in [-0.1, -0.05) is 24.3 Å². The van der Waals surface area contributed by atoms with Crippen LogP contribution in [0, 0.1) is 0 Å². The summed E-state index contributed by atoms with van der Waals surface area (Å²) in [4.78, 5) is 35.5. The van der Waals surface area contributed by atoms with Crippen molar-refractivity contribution in [1.29, 1.82) is 0 Å². The summed E-state index contributed by atoms with van der Waals surface area (Å²) in [5.41, 5.74) is 0.557. The fourth-order valence-electron chi connectivity index (χ4n) is 2.94. The summed E-state index contributed by atoms with van der Waals surface area (Å²) in [7, 11) is 1.30. The number of alkyl carbamates (subject to hydrolysis) is 1. The third-order valence-electron chi connectivity index (χ3n) is 4.07. The Kier molecular flexibility index (Phi) is 4.40. The highest BCUT2D eigenvalue weighted by Crippen LogP contribution is 2.39. The van der Waals surface area contributed by atoms with Crippen molar-refractivity contribution >= 4 is 17.7 Å². The van der Waals surface area contributed by atoms with E-state index in [4.69, 9.17) is 0 Å². The molecule has 21 heavy (non-hydrogen) atoms. The van der Waals surface area contributed by atoms with Gasteiger partial charge in [0.1, 0.15) is 11.2 Å². The number of ketones is 2. The molecule has 0 bridgehead atoms. The monoisotopic (exact) mass is 289 g/mol. The molecule has 1 unspecified atom stereocenters. The lowest BCUT2D eigenvalue weighted by molar-refractivity contribution is -0.132. The van der Waals surface area contributed by atoms with Crippen LogP contribution in [0.15, 0.2) is 24.3 Å². The number of hydrogen-bond acceptors (Lipinski definition) is 4. The number of methoxy groups -OCH3 is 1. The van der Waals surface area contributed by atoms with E-state index in [1.807, 2.05) is 18.2 Å². The van der Waals surface area contributed by atoms with Gasteiger partial charge in [-0.15, -0.1) is 0 Å². The number of Topliss-reactive ketones (excluding diaryl/α,β-unsaturated/α-hetero) is 2. The first kappa shape index (κ1) is 15.2. The van der Waals surface area contributed by atoms with Crippen LogP contribution in [0.3, 0.4) is 0 Å². The average Bonchev–Trinajstić information content (AvgIpc) is 2.87. The molecule has 1 amide bonds. The second kappa shape index (κ2) is 6.08. The minimum atomic E-state index is -0.999. The van der Waals surface area contributed by atoms with Crippen molar-refractivity contribution in [2.75, 3.05) is 7.11 Å². The molecule has 1 aromatic rings. The molecular weight excluding hydrogens is 270 g/mol. The van der Waals surface area contributed by atoms with Crippen LogP contribution >= 0.6 is 0 Å². The average molecular weight is 289 g/mol. The van der Waals surface area contributed by atoms with Crippen molar-refractivity contribution in [3.05, 3.63) is 35.4 Å². The Morgan fingerprint density at radius 2 is 2.14 bits per heavy atom. The van der Waals surface area contributed by atoms with Crippen molar-refractivity contribution in [2.45, 2.75) is 38.1 Å². The van der Waals surface area contributed by atoms with Gasteiger partial charge in [0.15, 0.2) is 5.78 Å². The predicted octanol–water partition coefficient (Wildman–Crippen LogP) is 2.12. The van der Waals surface area contributed by atoms with Gasteiger partial charge in [-0.05, 0) is 30.9 Å². The fraction of sp³-hybridized carbons (Fsp3) is 0.438. The summed E-state index contributed by atoms with van der Waals surface area (Å²) in [5.74, 6) is -0.115. The zero-order chi connectivity index (χ0) is 15.5. The third-order valence-corrected chi connectivity index (χ3v) is 4.07. The first-order valence-electron chi connectivity index (χ1n) is 6.96. The molecule has 1 aliphatic rings. The van der Waals surface area contributed by atoms with E-state index in [0.717, 1.165) is 17.5 Å². The van der Waals surface area contributed by atoms with Gasteiger partial charge in [-0.2, -0.15) is 0 Å². The van der Waals surface area contributed by atoms with E-state index < -0.39 is 11.5 Å². The summed E-state index contributed by atoms with van der Waals surface area (Å²) >= 11 is 0.